The van der Waals surface area contributed by atoms with Crippen molar-refractivity contribution in [3.05, 3.63) is 35.9 Å². The Morgan fingerprint density at radius 3 is 2.43 bits per heavy atom. The molecule has 3 rings (SSSR count). The van der Waals surface area contributed by atoms with Gasteiger partial charge in [0.15, 0.2) is 0 Å². The molecule has 1 aromatic carbocycles. The maximum Gasteiger partial charge on any atom is 0.0580 e. The zero-order valence-electron chi connectivity index (χ0n) is 13.0. The molecule has 0 aromatic heterocycles. The number of aliphatic hydroxyl groups is 1. The molecule has 2 saturated carbocycles. The van der Waals surface area contributed by atoms with Crippen LogP contribution in [0, 0.1) is 5.92 Å². The van der Waals surface area contributed by atoms with Crippen LogP contribution in [0.2, 0.25) is 0 Å². The molecule has 2 aliphatic rings. The van der Waals surface area contributed by atoms with Crippen LogP contribution in [0.25, 0.3) is 0 Å². The maximum absolute atomic E-state index is 10.1. The molecular weight excluding hydrogens is 258 g/mol. The van der Waals surface area contributed by atoms with Crippen molar-refractivity contribution in [3.8, 4) is 0 Å². The van der Waals surface area contributed by atoms with E-state index in [-0.39, 0.29) is 6.10 Å². The molecule has 0 bridgehead atoms. The molecule has 0 heterocycles. The minimum atomic E-state index is -0.0787. The SMILES string of the molecule is OC1CCCCC1CNC1CCCCC1c1ccccc1. The molecule has 116 valence electrons. The summed E-state index contributed by atoms with van der Waals surface area (Å²) in [5.74, 6) is 1.12. The van der Waals surface area contributed by atoms with Gasteiger partial charge in [0.25, 0.3) is 0 Å². The third-order valence-electron chi connectivity index (χ3n) is 5.50. The van der Waals surface area contributed by atoms with Crippen LogP contribution < -0.4 is 5.32 Å². The first-order valence-corrected chi connectivity index (χ1v) is 8.81. The van der Waals surface area contributed by atoms with Crippen LogP contribution >= 0.6 is 0 Å². The van der Waals surface area contributed by atoms with E-state index in [4.69, 9.17) is 0 Å². The summed E-state index contributed by atoms with van der Waals surface area (Å²) in [5, 5.41) is 14.0. The molecular formula is C19H29NO. The van der Waals surface area contributed by atoms with Gasteiger partial charge in [0, 0.05) is 12.6 Å². The van der Waals surface area contributed by atoms with Crippen molar-refractivity contribution in [1.29, 1.82) is 0 Å². The van der Waals surface area contributed by atoms with Crippen LogP contribution in [0.3, 0.4) is 0 Å². The van der Waals surface area contributed by atoms with E-state index < -0.39 is 0 Å². The fraction of sp³-hybridized carbons (Fsp3) is 0.684. The van der Waals surface area contributed by atoms with E-state index in [9.17, 15) is 5.11 Å². The number of nitrogens with one attached hydrogen (secondary N) is 1. The van der Waals surface area contributed by atoms with Crippen molar-refractivity contribution >= 4 is 0 Å². The average molecular weight is 287 g/mol. The van der Waals surface area contributed by atoms with Gasteiger partial charge in [0.2, 0.25) is 0 Å². The third kappa shape index (κ3) is 3.87. The Kier molecular flexibility index (Phi) is 5.32. The maximum atomic E-state index is 10.1. The van der Waals surface area contributed by atoms with Crippen molar-refractivity contribution < 1.29 is 5.11 Å². The van der Waals surface area contributed by atoms with Crippen LogP contribution in [0.5, 0.6) is 0 Å². The van der Waals surface area contributed by atoms with Crippen molar-refractivity contribution in [3.63, 3.8) is 0 Å². The zero-order chi connectivity index (χ0) is 14.5. The van der Waals surface area contributed by atoms with Crippen LogP contribution in [0.1, 0.15) is 62.8 Å². The fourth-order valence-electron chi connectivity index (χ4n) is 4.20. The summed E-state index contributed by atoms with van der Waals surface area (Å²) in [4.78, 5) is 0. The normalized spacial score (nSPS) is 33.8. The van der Waals surface area contributed by atoms with E-state index in [1.165, 1.54) is 50.5 Å². The Balaban J connectivity index is 1.59. The van der Waals surface area contributed by atoms with Gasteiger partial charge in [-0.2, -0.15) is 0 Å². The first-order chi connectivity index (χ1) is 10.3. The van der Waals surface area contributed by atoms with Crippen LogP contribution in [0.4, 0.5) is 0 Å². The van der Waals surface area contributed by atoms with E-state index in [0.29, 0.717) is 17.9 Å². The molecule has 0 saturated heterocycles. The second-order valence-corrected chi connectivity index (χ2v) is 6.93. The third-order valence-corrected chi connectivity index (χ3v) is 5.50. The summed E-state index contributed by atoms with van der Waals surface area (Å²) >= 11 is 0. The van der Waals surface area contributed by atoms with Gasteiger partial charge in [0.05, 0.1) is 6.10 Å². The first kappa shape index (κ1) is 15.1. The second-order valence-electron chi connectivity index (χ2n) is 6.93. The predicted molar refractivity (Wildman–Crippen MR) is 87.4 cm³/mol. The molecule has 2 aliphatic carbocycles. The molecule has 0 amide bonds. The smallest absolute Gasteiger partial charge is 0.0580 e. The first-order valence-electron chi connectivity index (χ1n) is 8.81. The second kappa shape index (κ2) is 7.42. The van der Waals surface area contributed by atoms with Crippen molar-refractivity contribution in [2.75, 3.05) is 6.54 Å². The van der Waals surface area contributed by atoms with Gasteiger partial charge in [0.1, 0.15) is 0 Å². The Morgan fingerprint density at radius 1 is 0.905 bits per heavy atom. The quantitative estimate of drug-likeness (QED) is 0.881. The topological polar surface area (TPSA) is 32.3 Å². The standard InChI is InChI=1S/C19H29NO/c21-19-13-7-4-10-16(19)14-20-18-12-6-5-11-17(18)15-8-2-1-3-9-15/h1-3,8-9,16-21H,4-7,10-14H2. The molecule has 2 heteroatoms. The lowest BCUT2D eigenvalue weighted by Crippen LogP contribution is -2.42. The van der Waals surface area contributed by atoms with Gasteiger partial charge in [-0.1, -0.05) is 56.0 Å². The Bertz CT molecular complexity index is 419. The summed E-state index contributed by atoms with van der Waals surface area (Å²) in [6.07, 6.45) is 9.87. The lowest BCUT2D eigenvalue weighted by Gasteiger charge is -2.35. The summed E-state index contributed by atoms with van der Waals surface area (Å²) in [6.45, 7) is 0.995. The average Bonchev–Trinajstić information content (AvgIpc) is 2.55. The van der Waals surface area contributed by atoms with E-state index in [1.54, 1.807) is 0 Å². The Morgan fingerprint density at radius 2 is 1.62 bits per heavy atom. The number of hydrogen-bond donors (Lipinski definition) is 2. The highest BCUT2D eigenvalue weighted by Gasteiger charge is 2.28. The van der Waals surface area contributed by atoms with Crippen LogP contribution in [-0.2, 0) is 0 Å². The molecule has 4 unspecified atom stereocenters. The summed E-state index contributed by atoms with van der Waals surface area (Å²) in [5.41, 5.74) is 1.49. The lowest BCUT2D eigenvalue weighted by molar-refractivity contribution is 0.0666. The molecule has 2 nitrogen and oxygen atoms in total. The highest BCUT2D eigenvalue weighted by Crippen LogP contribution is 2.33. The number of aliphatic hydroxyl groups excluding tert-OH is 1. The Hall–Kier alpha value is -0.860. The van der Waals surface area contributed by atoms with Crippen molar-refractivity contribution in [2.24, 2.45) is 5.92 Å². The van der Waals surface area contributed by atoms with Crippen LogP contribution in [0.15, 0.2) is 30.3 Å². The molecule has 21 heavy (non-hydrogen) atoms. The molecule has 0 spiro atoms. The van der Waals surface area contributed by atoms with Crippen LogP contribution in [-0.4, -0.2) is 23.8 Å². The lowest BCUT2D eigenvalue weighted by atomic mass is 9.79. The highest BCUT2D eigenvalue weighted by molar-refractivity contribution is 5.22. The largest absolute Gasteiger partial charge is 0.393 e. The van der Waals surface area contributed by atoms with E-state index in [2.05, 4.69) is 35.6 Å². The minimum absolute atomic E-state index is 0.0787. The number of hydrogen-bond acceptors (Lipinski definition) is 2. The molecule has 2 N–H and O–H groups in total. The Labute approximate surface area is 129 Å². The molecule has 0 aliphatic heterocycles. The molecule has 1 aromatic rings. The van der Waals surface area contributed by atoms with Gasteiger partial charge in [-0.3, -0.25) is 0 Å². The number of benzene rings is 1. The van der Waals surface area contributed by atoms with Gasteiger partial charge in [-0.25, -0.2) is 0 Å². The summed E-state index contributed by atoms with van der Waals surface area (Å²) in [7, 11) is 0. The molecule has 4 atom stereocenters. The predicted octanol–water partition coefficient (Wildman–Crippen LogP) is 3.85. The number of rotatable bonds is 4. The summed E-state index contributed by atoms with van der Waals surface area (Å²) in [6, 6.07) is 11.6. The van der Waals surface area contributed by atoms with Gasteiger partial charge < -0.3 is 10.4 Å². The molecule has 2 fully saturated rings. The monoisotopic (exact) mass is 287 g/mol. The van der Waals surface area contributed by atoms with E-state index >= 15 is 0 Å². The molecule has 0 radical (unpaired) electrons. The summed E-state index contributed by atoms with van der Waals surface area (Å²) < 4.78 is 0. The minimum Gasteiger partial charge on any atom is -0.393 e. The van der Waals surface area contributed by atoms with Crippen molar-refractivity contribution in [1.82, 2.24) is 5.32 Å². The van der Waals surface area contributed by atoms with Gasteiger partial charge in [-0.05, 0) is 43.1 Å². The van der Waals surface area contributed by atoms with Gasteiger partial charge in [-0.15, -0.1) is 0 Å². The van der Waals surface area contributed by atoms with Gasteiger partial charge >= 0.3 is 0 Å². The zero-order valence-corrected chi connectivity index (χ0v) is 13.0. The van der Waals surface area contributed by atoms with E-state index in [1.807, 2.05) is 0 Å². The highest BCUT2D eigenvalue weighted by atomic mass is 16.3. The van der Waals surface area contributed by atoms with Crippen molar-refractivity contribution in [2.45, 2.75) is 69.4 Å². The van der Waals surface area contributed by atoms with E-state index in [0.717, 1.165) is 13.0 Å². The fourth-order valence-corrected chi connectivity index (χ4v) is 4.20.